The van der Waals surface area contributed by atoms with Crippen molar-refractivity contribution in [2.75, 3.05) is 0 Å². The second-order valence-corrected chi connectivity index (χ2v) is 7.03. The van der Waals surface area contributed by atoms with Gasteiger partial charge in [-0.05, 0) is 30.0 Å². The number of thiazole rings is 1. The second-order valence-electron chi connectivity index (χ2n) is 6.02. The van der Waals surface area contributed by atoms with Gasteiger partial charge in [0, 0.05) is 7.05 Å². The van der Waals surface area contributed by atoms with Crippen molar-refractivity contribution in [2.45, 2.75) is 20.3 Å². The number of aryl methyl sites for hydroxylation is 1. The van der Waals surface area contributed by atoms with Crippen LogP contribution in [0.4, 0.5) is 0 Å². The van der Waals surface area contributed by atoms with Gasteiger partial charge in [-0.25, -0.2) is 0 Å². The van der Waals surface area contributed by atoms with Crippen LogP contribution in [0.1, 0.15) is 25.8 Å². The van der Waals surface area contributed by atoms with E-state index in [2.05, 4.69) is 65.0 Å². The molecule has 1 heterocycles. The van der Waals surface area contributed by atoms with E-state index in [1.807, 2.05) is 25.2 Å². The number of rotatable bonds is 4. The van der Waals surface area contributed by atoms with Gasteiger partial charge in [-0.3, -0.25) is 0 Å². The van der Waals surface area contributed by atoms with Crippen LogP contribution < -0.4 is 4.80 Å². The zero-order chi connectivity index (χ0) is 16.2. The van der Waals surface area contributed by atoms with Crippen LogP contribution in [0.2, 0.25) is 0 Å². The summed E-state index contributed by atoms with van der Waals surface area (Å²) in [6.45, 7) is 4.41. The number of aromatic nitrogens is 1. The quantitative estimate of drug-likeness (QED) is 0.496. The Bertz CT molecular complexity index is 886. The minimum atomic E-state index is 0.542. The molecule has 3 nitrogen and oxygen atoms in total. The number of fused-ring (bicyclic) bond motifs is 1. The SMILES string of the molecule is CC(C)C/C(=N/N=c1/sc2ccccc2n1C)c1ccccc1. The number of hydrogen-bond acceptors (Lipinski definition) is 3. The smallest absolute Gasteiger partial charge is 0.211 e. The van der Waals surface area contributed by atoms with Gasteiger partial charge in [-0.15, -0.1) is 5.10 Å². The van der Waals surface area contributed by atoms with Gasteiger partial charge < -0.3 is 4.57 Å². The standard InChI is InChI=1S/C19H21N3S/c1-14(2)13-16(15-9-5-4-6-10-15)20-21-19-22(3)17-11-7-8-12-18(17)23-19/h4-12,14H,13H2,1-3H3/b20-16-,21-19+. The first-order valence-corrected chi connectivity index (χ1v) is 8.67. The van der Waals surface area contributed by atoms with E-state index in [0.717, 1.165) is 22.5 Å². The highest BCUT2D eigenvalue weighted by Crippen LogP contribution is 2.15. The molecule has 3 aromatic rings. The van der Waals surface area contributed by atoms with Gasteiger partial charge in [0.15, 0.2) is 0 Å². The van der Waals surface area contributed by atoms with Crippen molar-refractivity contribution in [1.29, 1.82) is 0 Å². The first kappa shape index (κ1) is 15.7. The van der Waals surface area contributed by atoms with Crippen LogP contribution in [0.5, 0.6) is 0 Å². The third-order valence-corrected chi connectivity index (χ3v) is 4.78. The Morgan fingerprint density at radius 1 is 1.04 bits per heavy atom. The summed E-state index contributed by atoms with van der Waals surface area (Å²) in [6.07, 6.45) is 0.919. The van der Waals surface area contributed by atoms with Gasteiger partial charge in [0.1, 0.15) is 0 Å². The molecule has 0 spiro atoms. The Labute approximate surface area is 140 Å². The number of para-hydroxylation sites is 1. The molecule has 3 rings (SSSR count). The van der Waals surface area contributed by atoms with E-state index in [1.165, 1.54) is 10.2 Å². The van der Waals surface area contributed by atoms with E-state index in [1.54, 1.807) is 11.3 Å². The number of benzene rings is 2. The Balaban J connectivity index is 2.06. The average Bonchev–Trinajstić information content (AvgIpc) is 2.88. The molecule has 0 radical (unpaired) electrons. The van der Waals surface area contributed by atoms with Crippen molar-refractivity contribution in [3.05, 3.63) is 65.0 Å². The molecular formula is C19H21N3S. The molecule has 0 N–H and O–H groups in total. The summed E-state index contributed by atoms with van der Waals surface area (Å²) < 4.78 is 3.33. The second kappa shape index (κ2) is 6.92. The van der Waals surface area contributed by atoms with Crippen molar-refractivity contribution in [2.24, 2.45) is 23.2 Å². The number of hydrogen-bond donors (Lipinski definition) is 0. The van der Waals surface area contributed by atoms with Crippen molar-refractivity contribution in [1.82, 2.24) is 4.57 Å². The molecule has 0 saturated carbocycles. The van der Waals surface area contributed by atoms with E-state index in [4.69, 9.17) is 0 Å². The van der Waals surface area contributed by atoms with E-state index in [0.29, 0.717) is 5.92 Å². The maximum atomic E-state index is 4.59. The van der Waals surface area contributed by atoms with Gasteiger partial charge in [0.05, 0.1) is 15.9 Å². The predicted octanol–water partition coefficient (Wildman–Crippen LogP) is 4.59. The lowest BCUT2D eigenvalue weighted by Crippen LogP contribution is -2.10. The summed E-state index contributed by atoms with van der Waals surface area (Å²) in [7, 11) is 2.04. The largest absolute Gasteiger partial charge is 0.318 e. The van der Waals surface area contributed by atoms with E-state index in [-0.39, 0.29) is 0 Å². The summed E-state index contributed by atoms with van der Waals surface area (Å²) in [5.41, 5.74) is 3.38. The first-order valence-electron chi connectivity index (χ1n) is 7.85. The zero-order valence-corrected chi connectivity index (χ0v) is 14.5. The first-order chi connectivity index (χ1) is 11.1. The van der Waals surface area contributed by atoms with Crippen LogP contribution in [0.25, 0.3) is 10.2 Å². The highest BCUT2D eigenvalue weighted by Gasteiger charge is 2.06. The summed E-state index contributed by atoms with van der Waals surface area (Å²) in [6, 6.07) is 18.7. The zero-order valence-electron chi connectivity index (χ0n) is 13.7. The third-order valence-electron chi connectivity index (χ3n) is 3.68. The predicted molar refractivity (Wildman–Crippen MR) is 98.8 cm³/mol. The molecule has 0 fully saturated rings. The Morgan fingerprint density at radius 3 is 2.43 bits per heavy atom. The van der Waals surface area contributed by atoms with Crippen LogP contribution >= 0.6 is 11.3 Å². The summed E-state index contributed by atoms with van der Waals surface area (Å²) >= 11 is 1.67. The van der Waals surface area contributed by atoms with Crippen LogP contribution in [-0.2, 0) is 7.05 Å². The van der Waals surface area contributed by atoms with Crippen LogP contribution in [0.15, 0.2) is 64.8 Å². The Morgan fingerprint density at radius 2 is 1.74 bits per heavy atom. The van der Waals surface area contributed by atoms with Gasteiger partial charge >= 0.3 is 0 Å². The van der Waals surface area contributed by atoms with Crippen molar-refractivity contribution in [3.8, 4) is 0 Å². The third kappa shape index (κ3) is 3.59. The average molecular weight is 323 g/mol. The fourth-order valence-electron chi connectivity index (χ4n) is 2.51. The maximum absolute atomic E-state index is 4.59. The lowest BCUT2D eigenvalue weighted by molar-refractivity contribution is 0.682. The molecule has 0 atom stereocenters. The molecule has 0 aliphatic heterocycles. The highest BCUT2D eigenvalue weighted by atomic mass is 32.1. The van der Waals surface area contributed by atoms with Gasteiger partial charge in [0.25, 0.3) is 0 Å². The van der Waals surface area contributed by atoms with Crippen LogP contribution in [0, 0.1) is 5.92 Å². The summed E-state index contributed by atoms with van der Waals surface area (Å²) in [5, 5.41) is 9.13. The van der Waals surface area contributed by atoms with Gasteiger partial charge in [-0.1, -0.05) is 67.6 Å². The molecule has 0 amide bonds. The minimum Gasteiger partial charge on any atom is -0.318 e. The normalized spacial score (nSPS) is 13.2. The van der Waals surface area contributed by atoms with Gasteiger partial charge in [0.2, 0.25) is 4.80 Å². The molecular weight excluding hydrogens is 302 g/mol. The van der Waals surface area contributed by atoms with Gasteiger partial charge in [-0.2, -0.15) is 5.10 Å². The lowest BCUT2D eigenvalue weighted by atomic mass is 10.0. The molecule has 0 aliphatic carbocycles. The summed E-state index contributed by atoms with van der Waals surface area (Å²) in [5.74, 6) is 0.542. The minimum absolute atomic E-state index is 0.542. The molecule has 0 aliphatic rings. The molecule has 0 saturated heterocycles. The summed E-state index contributed by atoms with van der Waals surface area (Å²) in [4.78, 5) is 0.920. The molecule has 0 bridgehead atoms. The molecule has 4 heteroatoms. The topological polar surface area (TPSA) is 29.6 Å². The Kier molecular flexibility index (Phi) is 4.72. The Hall–Kier alpha value is -2.20. The molecule has 1 aromatic heterocycles. The van der Waals surface area contributed by atoms with Crippen LogP contribution in [-0.4, -0.2) is 10.3 Å². The van der Waals surface area contributed by atoms with E-state index < -0.39 is 0 Å². The van der Waals surface area contributed by atoms with E-state index >= 15 is 0 Å². The van der Waals surface area contributed by atoms with Crippen molar-refractivity contribution in [3.63, 3.8) is 0 Å². The molecule has 118 valence electrons. The monoisotopic (exact) mass is 323 g/mol. The molecule has 0 unspecified atom stereocenters. The maximum Gasteiger partial charge on any atom is 0.211 e. The molecule has 2 aromatic carbocycles. The fourth-order valence-corrected chi connectivity index (χ4v) is 3.48. The number of nitrogens with zero attached hydrogens (tertiary/aromatic N) is 3. The fraction of sp³-hybridized carbons (Fsp3) is 0.263. The molecule has 23 heavy (non-hydrogen) atoms. The lowest BCUT2D eigenvalue weighted by Gasteiger charge is -2.07. The van der Waals surface area contributed by atoms with Crippen LogP contribution in [0.3, 0.4) is 0 Å². The van der Waals surface area contributed by atoms with E-state index in [9.17, 15) is 0 Å². The van der Waals surface area contributed by atoms with Crippen molar-refractivity contribution >= 4 is 27.3 Å². The highest BCUT2D eigenvalue weighted by molar-refractivity contribution is 7.16. The van der Waals surface area contributed by atoms with Crippen molar-refractivity contribution < 1.29 is 0 Å².